The topological polar surface area (TPSA) is 172 Å². The number of nitrogens with one attached hydrogen (secondary N) is 4. The van der Waals surface area contributed by atoms with E-state index in [1.165, 1.54) is 0 Å². The number of hydrogen-bond acceptors (Lipinski definition) is 9. The highest BCUT2D eigenvalue weighted by Gasteiger charge is 2.38. The van der Waals surface area contributed by atoms with Gasteiger partial charge < -0.3 is 25.8 Å². The van der Waals surface area contributed by atoms with E-state index < -0.39 is 33.9 Å². The lowest BCUT2D eigenvalue weighted by Gasteiger charge is -2.28. The second kappa shape index (κ2) is 18.5. The number of rotatable bonds is 13. The van der Waals surface area contributed by atoms with Crippen LogP contribution in [0.5, 0.6) is 0 Å². The average Bonchev–Trinajstić information content (AvgIpc) is 3.04. The van der Waals surface area contributed by atoms with Crippen molar-refractivity contribution >= 4 is 60.7 Å². The number of para-hydroxylation sites is 1. The molecule has 4 rings (SSSR count). The molecular formula is C33H44BrF3N6O6S. The number of benzene rings is 2. The molecule has 3 aromatic rings. The minimum atomic E-state index is -5.08. The molecule has 1 heterocycles. The summed E-state index contributed by atoms with van der Waals surface area (Å²) >= 11 is 3.34. The molecule has 0 spiro atoms. The van der Waals surface area contributed by atoms with E-state index in [0.29, 0.717) is 41.9 Å². The molecule has 1 fully saturated rings. The van der Waals surface area contributed by atoms with Gasteiger partial charge in [-0.2, -0.15) is 18.2 Å². The summed E-state index contributed by atoms with van der Waals surface area (Å²) in [6, 6.07) is 14.8. The van der Waals surface area contributed by atoms with Gasteiger partial charge in [0.15, 0.2) is 0 Å². The molecule has 1 aliphatic rings. The number of carboxylic acids is 1. The van der Waals surface area contributed by atoms with Gasteiger partial charge >= 0.3 is 18.2 Å². The molecule has 0 aliphatic heterocycles. The van der Waals surface area contributed by atoms with Gasteiger partial charge in [0.2, 0.25) is 16.0 Å². The number of halogens is 4. The van der Waals surface area contributed by atoms with Crippen LogP contribution < -0.4 is 20.7 Å². The molecule has 1 amide bonds. The Morgan fingerprint density at radius 3 is 2.10 bits per heavy atom. The van der Waals surface area contributed by atoms with Crippen LogP contribution in [-0.4, -0.2) is 73.5 Å². The van der Waals surface area contributed by atoms with Crippen molar-refractivity contribution in [3.8, 4) is 0 Å². The van der Waals surface area contributed by atoms with E-state index in [4.69, 9.17) is 24.6 Å². The van der Waals surface area contributed by atoms with Gasteiger partial charge in [-0.15, -0.1) is 0 Å². The van der Waals surface area contributed by atoms with E-state index in [1.807, 2.05) is 45.0 Å². The van der Waals surface area contributed by atoms with Crippen molar-refractivity contribution in [1.82, 2.24) is 20.0 Å². The molecule has 1 aromatic heterocycles. The van der Waals surface area contributed by atoms with Crippen LogP contribution in [0.15, 0.2) is 57.9 Å². The minimum Gasteiger partial charge on any atom is -0.475 e. The predicted molar refractivity (Wildman–Crippen MR) is 188 cm³/mol. The number of nitrogens with zero attached hydrogens (tertiary/aromatic N) is 2. The normalized spacial score (nSPS) is 16.5. The van der Waals surface area contributed by atoms with E-state index in [2.05, 4.69) is 36.6 Å². The maximum absolute atomic E-state index is 12.7. The summed E-state index contributed by atoms with van der Waals surface area (Å²) in [5.74, 6) is -0.585. The summed E-state index contributed by atoms with van der Waals surface area (Å²) in [6.45, 7) is 8.02. The first-order chi connectivity index (χ1) is 23.4. The summed E-state index contributed by atoms with van der Waals surface area (Å²) in [7, 11) is -3.55. The zero-order valence-electron chi connectivity index (χ0n) is 28.1. The number of carbonyl (C=O) groups is 2. The number of carboxylic acid groups (broad SMARTS) is 1. The second-order valence-electron chi connectivity index (χ2n) is 12.8. The highest BCUT2D eigenvalue weighted by molar-refractivity contribution is 9.10. The number of unbranched alkanes of at least 4 members (excludes halogenated alkanes) is 1. The highest BCUT2D eigenvalue weighted by atomic mass is 79.9. The van der Waals surface area contributed by atoms with Crippen LogP contribution in [0, 0.1) is 11.8 Å². The van der Waals surface area contributed by atoms with Gasteiger partial charge in [0.05, 0.1) is 10.4 Å². The largest absolute Gasteiger partial charge is 0.490 e. The SMILES string of the molecule is CC(C)(C)OC(=O)NCCCCNc1nc(NCC2CCC(CNS(=O)(=O)c3ccccc3Br)CC2)nc2ccccc12.O=C(O)C(F)(F)F. The molecule has 5 N–H and O–H groups in total. The van der Waals surface area contributed by atoms with E-state index in [-0.39, 0.29) is 4.90 Å². The predicted octanol–water partition coefficient (Wildman–Crippen LogP) is 6.94. The van der Waals surface area contributed by atoms with Crippen LogP contribution >= 0.6 is 15.9 Å². The van der Waals surface area contributed by atoms with Gasteiger partial charge in [-0.1, -0.05) is 24.3 Å². The highest BCUT2D eigenvalue weighted by Crippen LogP contribution is 2.30. The van der Waals surface area contributed by atoms with E-state index in [9.17, 15) is 26.4 Å². The number of sulfonamides is 1. The Bertz CT molecular complexity index is 1680. The first kappa shape index (κ1) is 40.7. The monoisotopic (exact) mass is 788 g/mol. The van der Waals surface area contributed by atoms with Gasteiger partial charge in [-0.05, 0) is 111 Å². The number of anilines is 2. The third-order valence-electron chi connectivity index (χ3n) is 7.61. The van der Waals surface area contributed by atoms with Crippen LogP contribution in [0.25, 0.3) is 10.9 Å². The van der Waals surface area contributed by atoms with Gasteiger partial charge in [-0.3, -0.25) is 0 Å². The summed E-state index contributed by atoms with van der Waals surface area (Å²) in [5, 5.41) is 17.8. The standard InChI is InChI=1S/C31H43BrN6O4S.C2HF3O2/c1-31(2,3)42-30(39)34-19-9-8-18-33-28-24-10-4-6-12-26(24)37-29(38-28)35-20-22-14-16-23(17-15-22)21-36-43(40,41)27-13-7-5-11-25(27)32;3-2(4,5)1(6)7/h4-7,10-13,22-23,36H,8-9,14-21H2,1-3H3,(H,34,39)(H2,33,35,37,38);(H,6,7). The number of alkyl carbamates (subject to hydrolysis) is 1. The van der Waals surface area contributed by atoms with Crippen LogP contribution in [0.3, 0.4) is 0 Å². The van der Waals surface area contributed by atoms with Crippen molar-refractivity contribution in [1.29, 1.82) is 0 Å². The Morgan fingerprint density at radius 2 is 1.48 bits per heavy atom. The molecule has 2 aromatic carbocycles. The third-order valence-corrected chi connectivity index (χ3v) is 10.0. The number of fused-ring (bicyclic) bond motifs is 1. The first-order valence-corrected chi connectivity index (χ1v) is 18.5. The van der Waals surface area contributed by atoms with Crippen LogP contribution in [0.4, 0.5) is 29.7 Å². The van der Waals surface area contributed by atoms with Gasteiger partial charge in [0.1, 0.15) is 11.4 Å². The summed E-state index contributed by atoms with van der Waals surface area (Å²) < 4.78 is 65.8. The van der Waals surface area contributed by atoms with Crippen molar-refractivity contribution in [2.24, 2.45) is 11.8 Å². The fourth-order valence-electron chi connectivity index (χ4n) is 5.10. The molecule has 0 unspecified atom stereocenters. The number of amides is 1. The molecule has 17 heteroatoms. The smallest absolute Gasteiger partial charge is 0.475 e. The summed E-state index contributed by atoms with van der Waals surface area (Å²) in [5.41, 5.74) is 0.365. The van der Waals surface area contributed by atoms with Crippen LogP contribution in [-0.2, 0) is 19.6 Å². The first-order valence-electron chi connectivity index (χ1n) is 16.2. The summed E-state index contributed by atoms with van der Waals surface area (Å²) in [6.07, 6.45) is 0.174. The fraction of sp³-hybridized carbons (Fsp3) is 0.515. The van der Waals surface area contributed by atoms with Gasteiger partial charge in [0, 0.05) is 36.0 Å². The molecule has 1 saturated carbocycles. The van der Waals surface area contributed by atoms with Crippen molar-refractivity contribution < 1.29 is 41.0 Å². The van der Waals surface area contributed by atoms with Crippen molar-refractivity contribution in [2.75, 3.05) is 36.8 Å². The molecule has 1 aliphatic carbocycles. The minimum absolute atomic E-state index is 0.271. The molecule has 0 atom stereocenters. The Labute approximate surface area is 298 Å². The van der Waals surface area contributed by atoms with E-state index in [0.717, 1.165) is 61.8 Å². The lowest BCUT2D eigenvalue weighted by atomic mass is 9.82. The van der Waals surface area contributed by atoms with E-state index in [1.54, 1.807) is 24.3 Å². The maximum Gasteiger partial charge on any atom is 0.490 e. The molecule has 0 saturated heterocycles. The van der Waals surface area contributed by atoms with Crippen LogP contribution in [0.1, 0.15) is 59.3 Å². The fourth-order valence-corrected chi connectivity index (χ4v) is 7.21. The van der Waals surface area contributed by atoms with Gasteiger partial charge in [-0.25, -0.2) is 27.7 Å². The summed E-state index contributed by atoms with van der Waals surface area (Å²) in [4.78, 5) is 30.5. The number of hydrogen-bond donors (Lipinski definition) is 5. The maximum atomic E-state index is 12.7. The van der Waals surface area contributed by atoms with Crippen molar-refractivity contribution in [2.45, 2.75) is 76.0 Å². The van der Waals surface area contributed by atoms with E-state index >= 15 is 0 Å². The second-order valence-corrected chi connectivity index (χ2v) is 15.4. The molecule has 0 bridgehead atoms. The van der Waals surface area contributed by atoms with Crippen molar-refractivity contribution in [3.05, 3.63) is 53.0 Å². The van der Waals surface area contributed by atoms with Crippen molar-refractivity contribution in [3.63, 3.8) is 0 Å². The number of alkyl halides is 3. The number of aromatic nitrogens is 2. The third kappa shape index (κ3) is 13.9. The number of ether oxygens (including phenoxy) is 1. The molecule has 50 heavy (non-hydrogen) atoms. The zero-order chi connectivity index (χ0) is 37.0. The number of aliphatic carboxylic acids is 1. The lowest BCUT2D eigenvalue weighted by molar-refractivity contribution is -0.192. The molecule has 276 valence electrons. The Morgan fingerprint density at radius 1 is 0.900 bits per heavy atom. The average molecular weight is 790 g/mol. The molecular weight excluding hydrogens is 745 g/mol. The zero-order valence-corrected chi connectivity index (χ0v) is 30.6. The quantitative estimate of drug-likeness (QED) is 0.114. The number of carbonyl (C=O) groups excluding carboxylic acids is 1. The Balaban J connectivity index is 0.000000872. The lowest BCUT2D eigenvalue weighted by Crippen LogP contribution is -2.33. The molecule has 12 nitrogen and oxygen atoms in total. The Kier molecular flexibility index (Phi) is 15.1. The van der Waals surface area contributed by atoms with Crippen LogP contribution in [0.2, 0.25) is 0 Å². The molecule has 0 radical (unpaired) electrons. The Hall–Kier alpha value is -3.70. The van der Waals surface area contributed by atoms with Gasteiger partial charge in [0.25, 0.3) is 0 Å².